The molecule has 0 radical (unpaired) electrons. The number of hydrogen-bond donors (Lipinski definition) is 1. The van der Waals surface area contributed by atoms with E-state index in [0.29, 0.717) is 0 Å². The average Bonchev–Trinajstić information content (AvgIpc) is 3.02. The van der Waals surface area contributed by atoms with Crippen LogP contribution in [0.3, 0.4) is 0 Å². The molecule has 2 aromatic carbocycles. The number of ether oxygens (including phenoxy) is 1. The molecular formula is C25H26F3NO4. The minimum absolute atomic E-state index is 0.0920. The van der Waals surface area contributed by atoms with E-state index in [4.69, 9.17) is 9.15 Å². The van der Waals surface area contributed by atoms with Crippen LogP contribution in [0.5, 0.6) is 17.2 Å². The number of nitrogens with one attached hydrogen (secondary N) is 1. The predicted molar refractivity (Wildman–Crippen MR) is 116 cm³/mol. The molecular weight excluding hydrogens is 435 g/mol. The van der Waals surface area contributed by atoms with Crippen LogP contribution in [0, 0.1) is 13.8 Å². The summed E-state index contributed by atoms with van der Waals surface area (Å²) in [5.74, 6) is -2.79. The van der Waals surface area contributed by atoms with Gasteiger partial charge in [0.25, 0.3) is 5.76 Å². The first-order valence-electron chi connectivity index (χ1n) is 11.1. The highest BCUT2D eigenvalue weighted by Gasteiger charge is 2.41. The van der Waals surface area contributed by atoms with Gasteiger partial charge in [-0.3, -0.25) is 4.79 Å². The molecule has 1 aromatic heterocycles. The van der Waals surface area contributed by atoms with E-state index in [2.05, 4.69) is 0 Å². The van der Waals surface area contributed by atoms with Crippen LogP contribution < -0.4 is 20.2 Å². The fourth-order valence-corrected chi connectivity index (χ4v) is 4.28. The summed E-state index contributed by atoms with van der Waals surface area (Å²) in [5, 5.41) is 12.5. The molecule has 5 nitrogen and oxygen atoms in total. The van der Waals surface area contributed by atoms with Crippen molar-refractivity contribution >= 4 is 11.0 Å². The third-order valence-corrected chi connectivity index (χ3v) is 6.27. The van der Waals surface area contributed by atoms with Crippen LogP contribution in [0.1, 0.15) is 48.1 Å². The third kappa shape index (κ3) is 4.85. The van der Waals surface area contributed by atoms with Crippen LogP contribution in [-0.4, -0.2) is 13.1 Å². The molecule has 33 heavy (non-hydrogen) atoms. The Labute approximate surface area is 189 Å². The lowest BCUT2D eigenvalue weighted by atomic mass is 10.1. The molecule has 3 aromatic rings. The first-order valence-corrected chi connectivity index (χ1v) is 11.1. The van der Waals surface area contributed by atoms with E-state index in [-0.39, 0.29) is 28.8 Å². The van der Waals surface area contributed by atoms with Gasteiger partial charge in [-0.05, 0) is 68.9 Å². The monoisotopic (exact) mass is 461 g/mol. The summed E-state index contributed by atoms with van der Waals surface area (Å²) < 4.78 is 52.6. The summed E-state index contributed by atoms with van der Waals surface area (Å²) in [5.41, 5.74) is 0.597. The van der Waals surface area contributed by atoms with Crippen molar-refractivity contribution in [1.29, 1.82) is 0 Å². The highest BCUT2D eigenvalue weighted by atomic mass is 19.4. The molecule has 0 unspecified atom stereocenters. The summed E-state index contributed by atoms with van der Waals surface area (Å²) in [6.45, 7) is 5.51. The van der Waals surface area contributed by atoms with Gasteiger partial charge in [-0.15, -0.1) is 0 Å². The summed E-state index contributed by atoms with van der Waals surface area (Å²) in [6.07, 6.45) is -0.820. The summed E-state index contributed by atoms with van der Waals surface area (Å²) >= 11 is 0. The highest BCUT2D eigenvalue weighted by Crippen LogP contribution is 2.39. The molecule has 4 rings (SSSR count). The molecule has 0 atom stereocenters. The van der Waals surface area contributed by atoms with Crippen LogP contribution in [0.15, 0.2) is 39.5 Å². The van der Waals surface area contributed by atoms with Crippen molar-refractivity contribution in [2.75, 3.05) is 13.1 Å². The van der Waals surface area contributed by atoms with Crippen molar-refractivity contribution < 1.29 is 32.3 Å². The Balaban J connectivity index is 1.86. The van der Waals surface area contributed by atoms with Gasteiger partial charge in [0.2, 0.25) is 11.2 Å². The van der Waals surface area contributed by atoms with E-state index in [1.54, 1.807) is 19.1 Å². The molecule has 0 saturated carbocycles. The maximum absolute atomic E-state index is 14.0. The Morgan fingerprint density at radius 3 is 2.36 bits per heavy atom. The topological polar surface area (TPSA) is 66.9 Å². The lowest BCUT2D eigenvalue weighted by Gasteiger charge is -2.22. The number of benzene rings is 2. The lowest BCUT2D eigenvalue weighted by Crippen LogP contribution is -3.10. The molecule has 0 bridgehead atoms. The summed E-state index contributed by atoms with van der Waals surface area (Å²) in [7, 11) is 0. The van der Waals surface area contributed by atoms with Gasteiger partial charge in [0.05, 0.1) is 18.5 Å². The zero-order chi connectivity index (χ0) is 23.8. The number of quaternary nitrogens is 1. The molecule has 1 aliphatic rings. The number of alkyl halides is 3. The van der Waals surface area contributed by atoms with Crippen molar-refractivity contribution in [2.45, 2.75) is 52.3 Å². The van der Waals surface area contributed by atoms with Crippen molar-refractivity contribution in [3.05, 3.63) is 63.0 Å². The van der Waals surface area contributed by atoms with Crippen molar-refractivity contribution in [3.63, 3.8) is 0 Å². The van der Waals surface area contributed by atoms with Gasteiger partial charge in [-0.1, -0.05) is 17.9 Å². The number of aryl methyl sites for hydroxylation is 2. The first kappa shape index (κ1) is 23.2. The maximum Gasteiger partial charge on any atom is 0.453 e. The van der Waals surface area contributed by atoms with Gasteiger partial charge < -0.3 is 19.2 Å². The van der Waals surface area contributed by atoms with Crippen LogP contribution in [0.2, 0.25) is 0 Å². The number of likely N-dealkylation sites (tertiary alicyclic amines) is 1. The van der Waals surface area contributed by atoms with Crippen LogP contribution in [-0.2, 0) is 12.7 Å². The van der Waals surface area contributed by atoms with E-state index in [9.17, 15) is 23.1 Å². The Hall–Kier alpha value is -3.00. The molecule has 0 amide bonds. The lowest BCUT2D eigenvalue weighted by molar-refractivity contribution is -0.913. The highest BCUT2D eigenvalue weighted by molar-refractivity contribution is 5.83. The molecule has 1 fully saturated rings. The Morgan fingerprint density at radius 1 is 1.03 bits per heavy atom. The molecule has 1 N–H and O–H groups in total. The molecule has 0 aliphatic carbocycles. The fraction of sp³-hybridized carbons (Fsp3) is 0.400. The van der Waals surface area contributed by atoms with E-state index < -0.39 is 28.9 Å². The quantitative estimate of drug-likeness (QED) is 0.631. The SMILES string of the molecule is Cc1ccc(Oc2c(C(F)(F)F)oc3c(C[NH+]4CCCCCC4)c([O-])ccc3c2=O)cc1C. The standard InChI is InChI=1S/C25H26F3NO4/c1-15-7-8-17(13-16(15)2)32-23-21(31)18-9-10-20(30)19(14-29-11-5-3-4-6-12-29)22(18)33-24(23)25(26,27)28/h7-10,13,30H,3-6,11-12,14H2,1-2H3. The zero-order valence-electron chi connectivity index (χ0n) is 18.6. The largest absolute Gasteiger partial charge is 0.872 e. The zero-order valence-corrected chi connectivity index (χ0v) is 18.6. The normalized spacial score (nSPS) is 15.5. The van der Waals surface area contributed by atoms with Crippen LogP contribution in [0.25, 0.3) is 11.0 Å². The fourth-order valence-electron chi connectivity index (χ4n) is 4.28. The predicted octanol–water partition coefficient (Wildman–Crippen LogP) is 4.25. The number of rotatable bonds is 4. The van der Waals surface area contributed by atoms with Crippen LogP contribution >= 0.6 is 0 Å². The van der Waals surface area contributed by atoms with Gasteiger partial charge in [0.15, 0.2) is 0 Å². The maximum atomic E-state index is 14.0. The van der Waals surface area contributed by atoms with E-state index >= 15 is 0 Å². The molecule has 1 aliphatic heterocycles. The number of halogens is 3. The second-order valence-electron chi connectivity index (χ2n) is 8.70. The molecule has 176 valence electrons. The Morgan fingerprint density at radius 2 is 1.73 bits per heavy atom. The minimum Gasteiger partial charge on any atom is -0.872 e. The minimum atomic E-state index is -4.98. The smallest absolute Gasteiger partial charge is 0.453 e. The van der Waals surface area contributed by atoms with Crippen molar-refractivity contribution in [2.24, 2.45) is 0 Å². The Bertz CT molecular complexity index is 1230. The van der Waals surface area contributed by atoms with Gasteiger partial charge >= 0.3 is 6.18 Å². The second kappa shape index (κ2) is 9.09. The van der Waals surface area contributed by atoms with Crippen LogP contribution in [0.4, 0.5) is 13.2 Å². The third-order valence-electron chi connectivity index (χ3n) is 6.27. The average molecular weight is 461 g/mol. The summed E-state index contributed by atoms with van der Waals surface area (Å²) in [4.78, 5) is 14.3. The van der Waals surface area contributed by atoms with Gasteiger partial charge in [-0.25, -0.2) is 0 Å². The molecule has 2 heterocycles. The van der Waals surface area contributed by atoms with Gasteiger partial charge in [-0.2, -0.15) is 13.2 Å². The summed E-state index contributed by atoms with van der Waals surface area (Å²) in [6, 6.07) is 7.21. The van der Waals surface area contributed by atoms with E-state index in [0.717, 1.165) is 54.8 Å². The van der Waals surface area contributed by atoms with E-state index in [1.165, 1.54) is 18.2 Å². The van der Waals surface area contributed by atoms with Crippen molar-refractivity contribution in [1.82, 2.24) is 0 Å². The van der Waals surface area contributed by atoms with Gasteiger partial charge in [0, 0.05) is 5.56 Å². The van der Waals surface area contributed by atoms with E-state index in [1.807, 2.05) is 6.92 Å². The van der Waals surface area contributed by atoms with Gasteiger partial charge in [0.1, 0.15) is 17.9 Å². The Kier molecular flexibility index (Phi) is 6.38. The number of fused-ring (bicyclic) bond motifs is 1. The number of hydrogen-bond acceptors (Lipinski definition) is 4. The van der Waals surface area contributed by atoms with Crippen molar-refractivity contribution in [3.8, 4) is 17.2 Å². The second-order valence-corrected chi connectivity index (χ2v) is 8.70. The molecule has 1 saturated heterocycles. The first-order chi connectivity index (χ1) is 15.6. The molecule has 0 spiro atoms. The molecule has 8 heteroatoms.